The van der Waals surface area contributed by atoms with Crippen LogP contribution in [0.1, 0.15) is 21.9 Å². The molecule has 0 saturated carbocycles. The van der Waals surface area contributed by atoms with Crippen LogP contribution in [-0.2, 0) is 13.0 Å². The highest BCUT2D eigenvalue weighted by molar-refractivity contribution is 7.07. The van der Waals surface area contributed by atoms with Crippen molar-refractivity contribution in [3.8, 4) is 0 Å². The van der Waals surface area contributed by atoms with Gasteiger partial charge in [0.2, 0.25) is 0 Å². The molecule has 0 spiro atoms. The quantitative estimate of drug-likeness (QED) is 0.801. The van der Waals surface area contributed by atoms with E-state index in [9.17, 15) is 4.79 Å². The molecule has 1 N–H and O–H groups in total. The topological polar surface area (TPSA) is 68.0 Å². The molecule has 2 aromatic heterocycles. The molecule has 0 aliphatic carbocycles. The number of thiazole rings is 1. The molecular weight excluding hydrogens is 274 g/mol. The van der Waals surface area contributed by atoms with Gasteiger partial charge in [-0.3, -0.25) is 0 Å². The summed E-state index contributed by atoms with van der Waals surface area (Å²) in [5, 5.41) is 11.1. The second-order valence-corrected chi connectivity index (χ2v) is 5.27. The summed E-state index contributed by atoms with van der Waals surface area (Å²) in [5.74, 6) is -0.0328. The van der Waals surface area contributed by atoms with Gasteiger partial charge in [0.1, 0.15) is 5.82 Å². The molecule has 1 aromatic carbocycles. The molecule has 5 nitrogen and oxygen atoms in total. The maximum atomic E-state index is 11.1. The lowest BCUT2D eigenvalue weighted by Gasteiger charge is -2.06. The first-order valence-electron chi connectivity index (χ1n) is 6.22. The Labute approximate surface area is 119 Å². The molecule has 0 saturated heterocycles. The summed E-state index contributed by atoms with van der Waals surface area (Å²) in [7, 11) is 0. The van der Waals surface area contributed by atoms with Gasteiger partial charge in [-0.05, 0) is 25.1 Å². The van der Waals surface area contributed by atoms with Crippen LogP contribution in [0.4, 0.5) is 0 Å². The molecule has 0 unspecified atom stereocenters. The van der Waals surface area contributed by atoms with E-state index < -0.39 is 5.97 Å². The second kappa shape index (κ2) is 5.05. The predicted molar refractivity (Wildman–Crippen MR) is 77.2 cm³/mol. The minimum absolute atomic E-state index is 0.285. The van der Waals surface area contributed by atoms with Gasteiger partial charge >= 0.3 is 5.97 Å². The molecule has 0 amide bonds. The number of imidazole rings is 1. The number of aryl methyl sites for hydroxylation is 3. The lowest BCUT2D eigenvalue weighted by Crippen LogP contribution is -2.04. The van der Waals surface area contributed by atoms with Gasteiger partial charge in [0.15, 0.2) is 0 Å². The zero-order valence-corrected chi connectivity index (χ0v) is 11.7. The predicted octanol–water partition coefficient (Wildman–Crippen LogP) is 2.74. The van der Waals surface area contributed by atoms with E-state index in [4.69, 9.17) is 5.11 Å². The normalized spacial score (nSPS) is 11.1. The van der Waals surface area contributed by atoms with Crippen molar-refractivity contribution in [1.29, 1.82) is 0 Å². The van der Waals surface area contributed by atoms with Crippen LogP contribution in [0.5, 0.6) is 0 Å². The number of carboxylic acids is 1. The molecule has 3 aromatic rings. The standard InChI is InChI=1S/C14H13N3O2S/c1-9-16-12-3-2-10(14(18)19)6-13(12)17(9)5-4-11-7-20-8-15-11/h2-3,6-8H,4-5H2,1H3,(H,18,19). The fourth-order valence-electron chi connectivity index (χ4n) is 2.25. The van der Waals surface area contributed by atoms with E-state index >= 15 is 0 Å². The van der Waals surface area contributed by atoms with Crippen molar-refractivity contribution >= 4 is 28.3 Å². The summed E-state index contributed by atoms with van der Waals surface area (Å²) in [6.07, 6.45) is 0.813. The number of hydrogen-bond donors (Lipinski definition) is 1. The Bertz CT molecular complexity index is 762. The van der Waals surface area contributed by atoms with Gasteiger partial charge in [0, 0.05) is 18.3 Å². The molecule has 6 heteroatoms. The first-order valence-corrected chi connectivity index (χ1v) is 7.16. The zero-order valence-electron chi connectivity index (χ0n) is 10.9. The van der Waals surface area contributed by atoms with Gasteiger partial charge in [-0.25, -0.2) is 14.8 Å². The van der Waals surface area contributed by atoms with Crippen LogP contribution in [0.3, 0.4) is 0 Å². The molecule has 0 aliphatic rings. The van der Waals surface area contributed by atoms with Gasteiger partial charge in [-0.2, -0.15) is 0 Å². The van der Waals surface area contributed by atoms with Crippen molar-refractivity contribution in [2.45, 2.75) is 19.9 Å². The Morgan fingerprint density at radius 2 is 2.30 bits per heavy atom. The Morgan fingerprint density at radius 1 is 1.45 bits per heavy atom. The zero-order chi connectivity index (χ0) is 14.1. The third-order valence-electron chi connectivity index (χ3n) is 3.26. The minimum Gasteiger partial charge on any atom is -0.478 e. The SMILES string of the molecule is Cc1nc2ccc(C(=O)O)cc2n1CCc1cscn1. The van der Waals surface area contributed by atoms with E-state index in [0.717, 1.165) is 35.5 Å². The van der Waals surface area contributed by atoms with Crippen molar-refractivity contribution in [3.63, 3.8) is 0 Å². The lowest BCUT2D eigenvalue weighted by molar-refractivity contribution is 0.0697. The second-order valence-electron chi connectivity index (χ2n) is 4.55. The van der Waals surface area contributed by atoms with Gasteiger partial charge in [0.25, 0.3) is 0 Å². The largest absolute Gasteiger partial charge is 0.478 e. The van der Waals surface area contributed by atoms with E-state index in [1.165, 1.54) is 0 Å². The smallest absolute Gasteiger partial charge is 0.335 e. The van der Waals surface area contributed by atoms with E-state index in [1.807, 2.05) is 22.4 Å². The van der Waals surface area contributed by atoms with Gasteiger partial charge < -0.3 is 9.67 Å². The first kappa shape index (κ1) is 12.8. The Morgan fingerprint density at radius 3 is 3.00 bits per heavy atom. The summed E-state index contributed by atoms with van der Waals surface area (Å²) >= 11 is 1.58. The highest BCUT2D eigenvalue weighted by atomic mass is 32.1. The molecule has 0 aliphatic heterocycles. The Balaban J connectivity index is 1.97. The molecule has 102 valence electrons. The average Bonchev–Trinajstić information content (AvgIpc) is 3.02. The molecule has 20 heavy (non-hydrogen) atoms. The summed E-state index contributed by atoms with van der Waals surface area (Å²) in [6, 6.07) is 5.02. The van der Waals surface area contributed by atoms with Crippen LogP contribution in [0.25, 0.3) is 11.0 Å². The fourth-order valence-corrected chi connectivity index (χ4v) is 2.84. The van der Waals surface area contributed by atoms with Crippen LogP contribution in [0.15, 0.2) is 29.1 Å². The lowest BCUT2D eigenvalue weighted by atomic mass is 10.2. The number of carboxylic acid groups (broad SMARTS) is 1. The summed E-state index contributed by atoms with van der Waals surface area (Å²) in [6.45, 7) is 2.68. The molecule has 0 fully saturated rings. The van der Waals surface area contributed by atoms with Crippen molar-refractivity contribution in [2.75, 3.05) is 0 Å². The highest BCUT2D eigenvalue weighted by Gasteiger charge is 2.11. The van der Waals surface area contributed by atoms with Crippen molar-refractivity contribution in [2.24, 2.45) is 0 Å². The monoisotopic (exact) mass is 287 g/mol. The number of aromatic nitrogens is 3. The van der Waals surface area contributed by atoms with Crippen LogP contribution in [-0.4, -0.2) is 25.6 Å². The minimum atomic E-state index is -0.920. The third kappa shape index (κ3) is 2.30. The maximum Gasteiger partial charge on any atom is 0.335 e. The van der Waals surface area contributed by atoms with Crippen LogP contribution in [0.2, 0.25) is 0 Å². The van der Waals surface area contributed by atoms with Gasteiger partial charge in [-0.1, -0.05) is 0 Å². The summed E-state index contributed by atoms with van der Waals surface area (Å²) in [5.41, 5.74) is 4.83. The highest BCUT2D eigenvalue weighted by Crippen LogP contribution is 2.18. The van der Waals surface area contributed by atoms with E-state index in [2.05, 4.69) is 9.97 Å². The Hall–Kier alpha value is -2.21. The maximum absolute atomic E-state index is 11.1. The number of benzene rings is 1. The summed E-state index contributed by atoms with van der Waals surface area (Å²) < 4.78 is 2.04. The number of fused-ring (bicyclic) bond motifs is 1. The average molecular weight is 287 g/mol. The van der Waals surface area contributed by atoms with Crippen molar-refractivity contribution in [1.82, 2.24) is 14.5 Å². The van der Waals surface area contributed by atoms with Crippen LogP contribution < -0.4 is 0 Å². The van der Waals surface area contributed by atoms with Gasteiger partial charge in [0.05, 0.1) is 27.8 Å². The number of rotatable bonds is 4. The van der Waals surface area contributed by atoms with Crippen molar-refractivity contribution in [3.05, 3.63) is 46.2 Å². The molecular formula is C14H13N3O2S. The Kier molecular flexibility index (Phi) is 3.23. The first-order chi connectivity index (χ1) is 9.65. The van der Waals surface area contributed by atoms with E-state index in [-0.39, 0.29) is 5.56 Å². The number of nitrogens with zero attached hydrogens (tertiary/aromatic N) is 3. The van der Waals surface area contributed by atoms with Crippen LogP contribution >= 0.6 is 11.3 Å². The number of carbonyl (C=O) groups is 1. The third-order valence-corrected chi connectivity index (χ3v) is 3.90. The summed E-state index contributed by atoms with van der Waals surface area (Å²) in [4.78, 5) is 19.8. The van der Waals surface area contributed by atoms with Crippen molar-refractivity contribution < 1.29 is 9.90 Å². The van der Waals surface area contributed by atoms with Gasteiger partial charge in [-0.15, -0.1) is 11.3 Å². The molecule has 0 bridgehead atoms. The molecule has 2 heterocycles. The number of hydrogen-bond acceptors (Lipinski definition) is 4. The van der Waals surface area contributed by atoms with E-state index in [0.29, 0.717) is 0 Å². The fraction of sp³-hybridized carbons (Fsp3) is 0.214. The van der Waals surface area contributed by atoms with E-state index in [1.54, 1.807) is 29.5 Å². The molecule has 0 radical (unpaired) electrons. The molecule has 3 rings (SSSR count). The van der Waals surface area contributed by atoms with Crippen LogP contribution in [0, 0.1) is 6.92 Å². The molecule has 0 atom stereocenters. The number of aromatic carboxylic acids is 1.